The van der Waals surface area contributed by atoms with Gasteiger partial charge in [-0.2, -0.15) is 0 Å². The van der Waals surface area contributed by atoms with Crippen molar-refractivity contribution in [3.63, 3.8) is 0 Å². The fourth-order valence-electron chi connectivity index (χ4n) is 2.57. The lowest BCUT2D eigenvalue weighted by Gasteiger charge is -2.01. The molecule has 0 bridgehead atoms. The number of hydrogen-bond acceptors (Lipinski definition) is 4. The van der Waals surface area contributed by atoms with Gasteiger partial charge in [-0.3, -0.25) is 0 Å². The number of hydrogen-bond donors (Lipinski definition) is 2. The molecule has 0 atom stereocenters. The van der Waals surface area contributed by atoms with E-state index in [0.29, 0.717) is 5.69 Å². The number of aryl methyl sites for hydroxylation is 2. The van der Waals surface area contributed by atoms with Crippen molar-refractivity contribution in [2.75, 3.05) is 7.11 Å². The molecule has 0 aromatic carbocycles. The van der Waals surface area contributed by atoms with Crippen LogP contribution in [-0.4, -0.2) is 18.1 Å². The second kappa shape index (κ2) is 5.81. The van der Waals surface area contributed by atoms with E-state index in [2.05, 4.69) is 21.1 Å². The van der Waals surface area contributed by atoms with Crippen molar-refractivity contribution in [3.8, 4) is 0 Å². The van der Waals surface area contributed by atoms with Crippen molar-refractivity contribution < 1.29 is 9.53 Å². The molecule has 1 aliphatic carbocycles. The van der Waals surface area contributed by atoms with E-state index in [1.54, 1.807) is 16.5 Å². The molecule has 2 heterocycles. The molecule has 1 aliphatic rings. The Bertz CT molecular complexity index is 594. The van der Waals surface area contributed by atoms with Gasteiger partial charge in [-0.25, -0.2) is 4.79 Å². The fraction of sp³-hybridized carbons (Fsp3) is 0.400. The number of methoxy groups -OCH3 is 1. The molecule has 0 radical (unpaired) electrons. The predicted octanol–water partition coefficient (Wildman–Crippen LogP) is 2.64. The molecular weight excluding hydrogens is 272 g/mol. The molecule has 2 aromatic rings. The molecule has 0 saturated heterocycles. The molecule has 0 saturated carbocycles. The maximum Gasteiger partial charge on any atom is 0.354 e. The summed E-state index contributed by atoms with van der Waals surface area (Å²) >= 11 is 1.92. The normalized spacial score (nSPS) is 13.4. The van der Waals surface area contributed by atoms with E-state index in [-0.39, 0.29) is 5.97 Å². The Morgan fingerprint density at radius 3 is 3.10 bits per heavy atom. The monoisotopic (exact) mass is 290 g/mol. The zero-order valence-electron chi connectivity index (χ0n) is 11.5. The number of nitrogens with one attached hydrogen (secondary N) is 2. The van der Waals surface area contributed by atoms with E-state index in [1.165, 1.54) is 31.2 Å². The number of aromatic amines is 1. The van der Waals surface area contributed by atoms with Gasteiger partial charge in [-0.1, -0.05) is 0 Å². The zero-order chi connectivity index (χ0) is 13.9. The third-order valence-corrected chi connectivity index (χ3v) is 4.80. The third kappa shape index (κ3) is 2.78. The van der Waals surface area contributed by atoms with Gasteiger partial charge in [0.25, 0.3) is 0 Å². The minimum absolute atomic E-state index is 0.328. The van der Waals surface area contributed by atoms with Crippen LogP contribution in [0, 0.1) is 0 Å². The average molecular weight is 290 g/mol. The van der Waals surface area contributed by atoms with Gasteiger partial charge >= 0.3 is 5.97 Å². The van der Waals surface area contributed by atoms with E-state index in [4.69, 9.17) is 0 Å². The number of H-pyrrole nitrogens is 1. The van der Waals surface area contributed by atoms with E-state index in [1.807, 2.05) is 17.4 Å². The van der Waals surface area contributed by atoms with Crippen molar-refractivity contribution in [2.45, 2.75) is 32.4 Å². The number of rotatable bonds is 5. The largest absolute Gasteiger partial charge is 0.464 e. The number of aromatic nitrogens is 1. The summed E-state index contributed by atoms with van der Waals surface area (Å²) < 4.78 is 4.67. The standard InChI is InChI=1S/C15H18N2O2S/c1-19-15(18)13-6-5-11(17-13)8-16-9-12-7-10-3-2-4-14(10)20-12/h5-7,16-17H,2-4,8-9H2,1H3. The quantitative estimate of drug-likeness (QED) is 0.832. The first-order valence-corrected chi connectivity index (χ1v) is 7.65. The second-order valence-electron chi connectivity index (χ2n) is 5.01. The van der Waals surface area contributed by atoms with Gasteiger partial charge in [0.2, 0.25) is 0 Å². The second-order valence-corrected chi connectivity index (χ2v) is 6.23. The lowest BCUT2D eigenvalue weighted by atomic mass is 10.2. The van der Waals surface area contributed by atoms with Gasteiger partial charge in [-0.05, 0) is 43.0 Å². The molecule has 5 heteroatoms. The van der Waals surface area contributed by atoms with Gasteiger partial charge < -0.3 is 15.0 Å². The van der Waals surface area contributed by atoms with Crippen LogP contribution in [0.3, 0.4) is 0 Å². The molecule has 2 N–H and O–H groups in total. The SMILES string of the molecule is COC(=O)c1ccc(CNCc2cc3c(s2)CCC3)[nH]1. The van der Waals surface area contributed by atoms with Crippen LogP contribution in [0.25, 0.3) is 0 Å². The van der Waals surface area contributed by atoms with Crippen LogP contribution in [0.2, 0.25) is 0 Å². The Labute approximate surface area is 122 Å². The number of esters is 1. The van der Waals surface area contributed by atoms with Crippen LogP contribution in [0.5, 0.6) is 0 Å². The smallest absolute Gasteiger partial charge is 0.354 e. The number of carbonyl (C=O) groups is 1. The molecule has 106 valence electrons. The van der Waals surface area contributed by atoms with Gasteiger partial charge in [-0.15, -0.1) is 11.3 Å². The molecule has 3 rings (SSSR count). The van der Waals surface area contributed by atoms with Crippen LogP contribution in [0.15, 0.2) is 18.2 Å². The van der Waals surface area contributed by atoms with Gasteiger partial charge in [0.15, 0.2) is 0 Å². The Hall–Kier alpha value is -1.59. The van der Waals surface area contributed by atoms with Gasteiger partial charge in [0.1, 0.15) is 5.69 Å². The molecule has 2 aromatic heterocycles. The topological polar surface area (TPSA) is 54.1 Å². The lowest BCUT2D eigenvalue weighted by Crippen LogP contribution is -2.12. The summed E-state index contributed by atoms with van der Waals surface area (Å²) in [5.74, 6) is -0.328. The van der Waals surface area contributed by atoms with E-state index in [0.717, 1.165) is 18.8 Å². The summed E-state index contributed by atoms with van der Waals surface area (Å²) in [7, 11) is 1.39. The van der Waals surface area contributed by atoms with Crippen molar-refractivity contribution >= 4 is 17.3 Å². The summed E-state index contributed by atoms with van der Waals surface area (Å²) in [5, 5.41) is 3.40. The first-order valence-electron chi connectivity index (χ1n) is 6.83. The van der Waals surface area contributed by atoms with Crippen molar-refractivity contribution in [2.24, 2.45) is 0 Å². The molecule has 0 aliphatic heterocycles. The van der Waals surface area contributed by atoms with Crippen LogP contribution >= 0.6 is 11.3 Å². The lowest BCUT2D eigenvalue weighted by molar-refractivity contribution is 0.0594. The van der Waals surface area contributed by atoms with Crippen molar-refractivity contribution in [3.05, 3.63) is 44.9 Å². The van der Waals surface area contributed by atoms with E-state index in [9.17, 15) is 4.79 Å². The highest BCUT2D eigenvalue weighted by atomic mass is 32.1. The summed E-state index contributed by atoms with van der Waals surface area (Å²) in [6.45, 7) is 1.60. The summed E-state index contributed by atoms with van der Waals surface area (Å²) in [6, 6.07) is 5.99. The van der Waals surface area contributed by atoms with E-state index >= 15 is 0 Å². The molecular formula is C15H18N2O2S. The fourth-order valence-corrected chi connectivity index (χ4v) is 3.80. The molecule has 20 heavy (non-hydrogen) atoms. The van der Waals surface area contributed by atoms with Crippen molar-refractivity contribution in [1.29, 1.82) is 0 Å². The van der Waals surface area contributed by atoms with Crippen molar-refractivity contribution in [1.82, 2.24) is 10.3 Å². The molecule has 0 fully saturated rings. The highest BCUT2D eigenvalue weighted by molar-refractivity contribution is 7.12. The third-order valence-electron chi connectivity index (χ3n) is 3.56. The first-order chi connectivity index (χ1) is 9.76. The molecule has 0 spiro atoms. The number of thiophene rings is 1. The molecule has 4 nitrogen and oxygen atoms in total. The summed E-state index contributed by atoms with van der Waals surface area (Å²) in [6.07, 6.45) is 3.80. The van der Waals surface area contributed by atoms with Crippen LogP contribution in [0.4, 0.5) is 0 Å². The van der Waals surface area contributed by atoms with Crippen LogP contribution < -0.4 is 5.32 Å². The number of carbonyl (C=O) groups excluding carboxylic acids is 1. The summed E-state index contributed by atoms with van der Waals surface area (Å²) in [4.78, 5) is 17.3. The average Bonchev–Trinajstić information content (AvgIpc) is 3.12. The van der Waals surface area contributed by atoms with Crippen LogP contribution in [-0.2, 0) is 30.7 Å². The maximum atomic E-state index is 11.3. The first kappa shape index (κ1) is 13.4. The Kier molecular flexibility index (Phi) is 3.89. The molecule has 0 amide bonds. The predicted molar refractivity (Wildman–Crippen MR) is 79.0 cm³/mol. The Morgan fingerprint density at radius 1 is 1.40 bits per heavy atom. The Balaban J connectivity index is 1.52. The maximum absolute atomic E-state index is 11.3. The summed E-state index contributed by atoms with van der Waals surface area (Å²) in [5.41, 5.74) is 3.04. The molecule has 0 unspecified atom stereocenters. The Morgan fingerprint density at radius 2 is 2.30 bits per heavy atom. The van der Waals surface area contributed by atoms with E-state index < -0.39 is 0 Å². The van der Waals surface area contributed by atoms with Gasteiger partial charge in [0.05, 0.1) is 7.11 Å². The minimum atomic E-state index is -0.328. The zero-order valence-corrected chi connectivity index (χ0v) is 12.3. The highest BCUT2D eigenvalue weighted by Gasteiger charge is 2.14. The minimum Gasteiger partial charge on any atom is -0.464 e. The highest BCUT2D eigenvalue weighted by Crippen LogP contribution is 2.30. The number of fused-ring (bicyclic) bond motifs is 1. The van der Waals surface area contributed by atoms with Gasteiger partial charge in [0, 0.05) is 28.5 Å². The van der Waals surface area contributed by atoms with Crippen LogP contribution in [0.1, 0.15) is 37.9 Å². The number of ether oxygens (including phenoxy) is 1.